The van der Waals surface area contributed by atoms with Crippen molar-refractivity contribution in [3.63, 3.8) is 0 Å². The average Bonchev–Trinajstić information content (AvgIpc) is 2.28. The largest absolute Gasteiger partial charge is 0.505 e. The van der Waals surface area contributed by atoms with E-state index in [0.29, 0.717) is 12.0 Å². The lowest BCUT2D eigenvalue weighted by atomic mass is 9.96. The summed E-state index contributed by atoms with van der Waals surface area (Å²) in [6.45, 7) is 3.12. The molecule has 2 heteroatoms. The van der Waals surface area contributed by atoms with Gasteiger partial charge < -0.3 is 9.47 Å². The van der Waals surface area contributed by atoms with Gasteiger partial charge in [-0.3, -0.25) is 0 Å². The van der Waals surface area contributed by atoms with Crippen LogP contribution in [0, 0.1) is 5.92 Å². The van der Waals surface area contributed by atoms with Gasteiger partial charge in [-0.05, 0) is 25.3 Å². The Morgan fingerprint density at radius 3 is 2.80 bits per heavy atom. The molecule has 0 bridgehead atoms. The monoisotopic (exact) mass is 212 g/mol. The van der Waals surface area contributed by atoms with Crippen molar-refractivity contribution in [1.82, 2.24) is 0 Å². The highest BCUT2D eigenvalue weighted by atomic mass is 16.5. The van der Waals surface area contributed by atoms with Crippen molar-refractivity contribution >= 4 is 0 Å². The summed E-state index contributed by atoms with van der Waals surface area (Å²) in [7, 11) is 1.69. The van der Waals surface area contributed by atoms with Crippen LogP contribution < -0.4 is 0 Å². The van der Waals surface area contributed by atoms with Crippen LogP contribution in [0.25, 0.3) is 0 Å². The Kier molecular flexibility index (Phi) is 6.49. The molecular formula is C13H24O2. The predicted molar refractivity (Wildman–Crippen MR) is 62.8 cm³/mol. The molecule has 1 saturated heterocycles. The normalized spacial score (nSPS) is 27.1. The van der Waals surface area contributed by atoms with E-state index >= 15 is 0 Å². The van der Waals surface area contributed by atoms with E-state index < -0.39 is 0 Å². The molecule has 1 rings (SSSR count). The molecule has 1 aliphatic rings. The third kappa shape index (κ3) is 5.22. The van der Waals surface area contributed by atoms with E-state index in [-0.39, 0.29) is 0 Å². The van der Waals surface area contributed by atoms with Crippen molar-refractivity contribution < 1.29 is 9.47 Å². The molecule has 0 aromatic carbocycles. The maximum absolute atomic E-state index is 5.83. The summed E-state index contributed by atoms with van der Waals surface area (Å²) >= 11 is 0. The SMILES string of the molecule is CCCCCC1CCC(/C=C/OC)CO1. The van der Waals surface area contributed by atoms with Gasteiger partial charge in [0.25, 0.3) is 0 Å². The fourth-order valence-electron chi connectivity index (χ4n) is 2.02. The van der Waals surface area contributed by atoms with Crippen LogP contribution in [0.1, 0.15) is 45.4 Å². The molecular weight excluding hydrogens is 188 g/mol. The fraction of sp³-hybridized carbons (Fsp3) is 0.846. The van der Waals surface area contributed by atoms with Gasteiger partial charge in [-0.2, -0.15) is 0 Å². The molecule has 2 unspecified atom stereocenters. The molecule has 1 aliphatic heterocycles. The van der Waals surface area contributed by atoms with Gasteiger partial charge in [0.2, 0.25) is 0 Å². The smallest absolute Gasteiger partial charge is 0.0788 e. The van der Waals surface area contributed by atoms with Crippen molar-refractivity contribution in [2.45, 2.75) is 51.6 Å². The van der Waals surface area contributed by atoms with Gasteiger partial charge >= 0.3 is 0 Å². The summed E-state index contributed by atoms with van der Waals surface area (Å²) < 4.78 is 10.7. The van der Waals surface area contributed by atoms with Crippen LogP contribution in [0.5, 0.6) is 0 Å². The van der Waals surface area contributed by atoms with Crippen LogP contribution >= 0.6 is 0 Å². The molecule has 0 aromatic heterocycles. The second-order valence-corrected chi connectivity index (χ2v) is 4.35. The number of hydrogen-bond acceptors (Lipinski definition) is 2. The molecule has 2 nitrogen and oxygen atoms in total. The highest BCUT2D eigenvalue weighted by molar-refractivity contribution is 4.86. The number of hydrogen-bond donors (Lipinski definition) is 0. The van der Waals surface area contributed by atoms with Crippen LogP contribution in [0.15, 0.2) is 12.3 Å². The zero-order chi connectivity index (χ0) is 10.9. The van der Waals surface area contributed by atoms with Crippen LogP contribution in [0.2, 0.25) is 0 Å². The first-order valence-electron chi connectivity index (χ1n) is 6.18. The van der Waals surface area contributed by atoms with E-state index in [1.807, 2.05) is 0 Å². The molecule has 2 atom stereocenters. The minimum absolute atomic E-state index is 0.517. The highest BCUT2D eigenvalue weighted by Crippen LogP contribution is 2.23. The number of unbranched alkanes of at least 4 members (excludes halogenated alkanes) is 2. The van der Waals surface area contributed by atoms with Crippen molar-refractivity contribution in [3.8, 4) is 0 Å². The first kappa shape index (κ1) is 12.6. The first-order valence-corrected chi connectivity index (χ1v) is 6.18. The van der Waals surface area contributed by atoms with Gasteiger partial charge in [-0.15, -0.1) is 0 Å². The molecule has 0 aromatic rings. The van der Waals surface area contributed by atoms with Gasteiger partial charge in [0, 0.05) is 5.92 Å². The molecule has 0 amide bonds. The standard InChI is InChI=1S/C13H24O2/c1-3-4-5-6-13-8-7-12(11-15-13)9-10-14-2/h9-10,12-13H,3-8,11H2,1-2H3/b10-9+. The van der Waals surface area contributed by atoms with E-state index in [1.165, 1.54) is 38.5 Å². The molecule has 0 spiro atoms. The van der Waals surface area contributed by atoms with Crippen LogP contribution in [-0.4, -0.2) is 19.8 Å². The van der Waals surface area contributed by atoms with Gasteiger partial charge in [0.05, 0.1) is 26.1 Å². The minimum atomic E-state index is 0.517. The molecule has 0 saturated carbocycles. The van der Waals surface area contributed by atoms with Crippen molar-refractivity contribution in [3.05, 3.63) is 12.3 Å². The quantitative estimate of drug-likeness (QED) is 0.495. The van der Waals surface area contributed by atoms with Crippen molar-refractivity contribution in [2.75, 3.05) is 13.7 Å². The second kappa shape index (κ2) is 7.75. The Morgan fingerprint density at radius 2 is 2.20 bits per heavy atom. The summed E-state index contributed by atoms with van der Waals surface area (Å²) in [6, 6.07) is 0. The van der Waals surface area contributed by atoms with Gasteiger partial charge in [0.15, 0.2) is 0 Å². The van der Waals surface area contributed by atoms with E-state index in [2.05, 4.69) is 13.0 Å². The molecule has 0 radical (unpaired) electrons. The Labute approximate surface area is 93.7 Å². The first-order chi connectivity index (χ1) is 7.36. The summed E-state index contributed by atoms with van der Waals surface area (Å²) in [6.07, 6.45) is 12.1. The third-order valence-corrected chi connectivity index (χ3v) is 3.02. The summed E-state index contributed by atoms with van der Waals surface area (Å²) in [5.41, 5.74) is 0. The highest BCUT2D eigenvalue weighted by Gasteiger charge is 2.19. The second-order valence-electron chi connectivity index (χ2n) is 4.35. The Hall–Kier alpha value is -0.500. The lowest BCUT2D eigenvalue weighted by Crippen LogP contribution is -2.24. The maximum atomic E-state index is 5.83. The van der Waals surface area contributed by atoms with E-state index in [1.54, 1.807) is 13.4 Å². The van der Waals surface area contributed by atoms with Crippen LogP contribution in [0.3, 0.4) is 0 Å². The Bertz CT molecular complexity index is 169. The summed E-state index contributed by atoms with van der Waals surface area (Å²) in [5, 5.41) is 0. The molecule has 0 N–H and O–H groups in total. The Morgan fingerprint density at radius 1 is 1.33 bits per heavy atom. The summed E-state index contributed by atoms with van der Waals surface area (Å²) in [4.78, 5) is 0. The van der Waals surface area contributed by atoms with Crippen LogP contribution in [-0.2, 0) is 9.47 Å². The number of ether oxygens (including phenoxy) is 2. The fourth-order valence-corrected chi connectivity index (χ4v) is 2.02. The zero-order valence-electron chi connectivity index (χ0n) is 10.1. The zero-order valence-corrected chi connectivity index (χ0v) is 10.1. The average molecular weight is 212 g/mol. The predicted octanol–water partition coefficient (Wildman–Crippen LogP) is 3.52. The van der Waals surface area contributed by atoms with Crippen LogP contribution in [0.4, 0.5) is 0 Å². The maximum Gasteiger partial charge on any atom is 0.0788 e. The lowest BCUT2D eigenvalue weighted by molar-refractivity contribution is -0.00975. The van der Waals surface area contributed by atoms with Gasteiger partial charge in [0.1, 0.15) is 0 Å². The van der Waals surface area contributed by atoms with E-state index in [9.17, 15) is 0 Å². The molecule has 0 aliphatic carbocycles. The third-order valence-electron chi connectivity index (χ3n) is 3.02. The van der Waals surface area contributed by atoms with Gasteiger partial charge in [-0.1, -0.05) is 26.2 Å². The minimum Gasteiger partial charge on any atom is -0.505 e. The number of methoxy groups -OCH3 is 1. The lowest BCUT2D eigenvalue weighted by Gasteiger charge is -2.27. The molecule has 1 fully saturated rings. The molecule has 15 heavy (non-hydrogen) atoms. The van der Waals surface area contributed by atoms with Crippen molar-refractivity contribution in [2.24, 2.45) is 5.92 Å². The summed E-state index contributed by atoms with van der Waals surface area (Å²) in [5.74, 6) is 0.562. The topological polar surface area (TPSA) is 18.5 Å². The molecule has 1 heterocycles. The van der Waals surface area contributed by atoms with E-state index in [0.717, 1.165) is 6.61 Å². The van der Waals surface area contributed by atoms with Gasteiger partial charge in [-0.25, -0.2) is 0 Å². The Balaban J connectivity index is 2.09. The van der Waals surface area contributed by atoms with E-state index in [4.69, 9.17) is 9.47 Å². The molecule has 88 valence electrons. The number of rotatable bonds is 6. The van der Waals surface area contributed by atoms with Crippen molar-refractivity contribution in [1.29, 1.82) is 0 Å².